The van der Waals surface area contributed by atoms with E-state index in [2.05, 4.69) is 15.4 Å². The SMILES string of the molecule is O=C(NCc1ccc(F)cc1)c1ccc(-n2cncn2)c([N+](=O)[O-])c1. The van der Waals surface area contributed by atoms with Crippen LogP contribution in [0.15, 0.2) is 55.1 Å². The molecule has 3 aromatic rings. The van der Waals surface area contributed by atoms with Crippen LogP contribution in [-0.4, -0.2) is 25.6 Å². The first-order chi connectivity index (χ1) is 12.0. The molecule has 9 heteroatoms. The van der Waals surface area contributed by atoms with Gasteiger partial charge in [-0.2, -0.15) is 5.10 Å². The van der Waals surface area contributed by atoms with Gasteiger partial charge in [-0.15, -0.1) is 0 Å². The maximum Gasteiger partial charge on any atom is 0.295 e. The van der Waals surface area contributed by atoms with Gasteiger partial charge in [0.15, 0.2) is 0 Å². The number of nitro benzene ring substituents is 1. The third kappa shape index (κ3) is 3.66. The maximum absolute atomic E-state index is 12.9. The third-order valence-electron chi connectivity index (χ3n) is 3.47. The van der Waals surface area contributed by atoms with Crippen LogP contribution in [-0.2, 0) is 6.54 Å². The van der Waals surface area contributed by atoms with E-state index >= 15 is 0 Å². The molecule has 0 aliphatic heterocycles. The minimum Gasteiger partial charge on any atom is -0.348 e. The van der Waals surface area contributed by atoms with Crippen LogP contribution < -0.4 is 5.32 Å². The van der Waals surface area contributed by atoms with E-state index in [1.165, 1.54) is 47.7 Å². The lowest BCUT2D eigenvalue weighted by Gasteiger charge is -2.07. The third-order valence-corrected chi connectivity index (χ3v) is 3.47. The fraction of sp³-hybridized carbons (Fsp3) is 0.0625. The van der Waals surface area contributed by atoms with E-state index in [-0.39, 0.29) is 29.3 Å². The van der Waals surface area contributed by atoms with Crippen LogP contribution in [0.2, 0.25) is 0 Å². The Morgan fingerprint density at radius 2 is 2.00 bits per heavy atom. The molecule has 1 aromatic heterocycles. The summed E-state index contributed by atoms with van der Waals surface area (Å²) in [5, 5.41) is 17.8. The van der Waals surface area contributed by atoms with Crippen molar-refractivity contribution >= 4 is 11.6 Å². The number of carbonyl (C=O) groups excluding carboxylic acids is 1. The minimum absolute atomic E-state index is 0.137. The maximum atomic E-state index is 12.9. The summed E-state index contributed by atoms with van der Waals surface area (Å²) in [6, 6.07) is 9.75. The molecular formula is C16H12FN5O3. The zero-order valence-corrected chi connectivity index (χ0v) is 12.8. The van der Waals surface area contributed by atoms with Crippen LogP contribution in [0.25, 0.3) is 5.69 Å². The van der Waals surface area contributed by atoms with Gasteiger partial charge in [0.05, 0.1) is 4.92 Å². The molecule has 0 unspecified atom stereocenters. The molecular weight excluding hydrogens is 329 g/mol. The molecule has 1 amide bonds. The first kappa shape index (κ1) is 16.2. The van der Waals surface area contributed by atoms with Gasteiger partial charge in [0, 0.05) is 18.2 Å². The van der Waals surface area contributed by atoms with Crippen LogP contribution in [0.1, 0.15) is 15.9 Å². The summed E-state index contributed by atoms with van der Waals surface area (Å²) in [5.74, 6) is -0.841. The highest BCUT2D eigenvalue weighted by atomic mass is 19.1. The average molecular weight is 341 g/mol. The van der Waals surface area contributed by atoms with Crippen LogP contribution >= 0.6 is 0 Å². The normalized spacial score (nSPS) is 10.4. The summed E-state index contributed by atoms with van der Waals surface area (Å²) in [5.41, 5.74) is 0.790. The number of halogens is 1. The number of hydrogen-bond acceptors (Lipinski definition) is 5. The predicted molar refractivity (Wildman–Crippen MR) is 85.6 cm³/mol. The largest absolute Gasteiger partial charge is 0.348 e. The number of nitrogens with zero attached hydrogens (tertiary/aromatic N) is 4. The minimum atomic E-state index is -0.590. The second kappa shape index (κ2) is 6.87. The van der Waals surface area contributed by atoms with E-state index in [1.54, 1.807) is 12.1 Å². The van der Waals surface area contributed by atoms with Crippen LogP contribution in [0.3, 0.4) is 0 Å². The Hall–Kier alpha value is -3.62. The van der Waals surface area contributed by atoms with Crippen molar-refractivity contribution in [2.45, 2.75) is 6.54 Å². The van der Waals surface area contributed by atoms with E-state index in [4.69, 9.17) is 0 Å². The lowest BCUT2D eigenvalue weighted by atomic mass is 10.1. The predicted octanol–water partition coefficient (Wildman–Crippen LogP) is 2.24. The number of nitrogens with one attached hydrogen (secondary N) is 1. The lowest BCUT2D eigenvalue weighted by Crippen LogP contribution is -2.23. The second-order valence-corrected chi connectivity index (χ2v) is 5.11. The van der Waals surface area contributed by atoms with Crippen molar-refractivity contribution in [1.29, 1.82) is 0 Å². The van der Waals surface area contributed by atoms with Gasteiger partial charge < -0.3 is 5.32 Å². The van der Waals surface area contributed by atoms with Crippen LogP contribution in [0, 0.1) is 15.9 Å². The number of hydrogen-bond donors (Lipinski definition) is 1. The van der Waals surface area contributed by atoms with Gasteiger partial charge in [-0.3, -0.25) is 14.9 Å². The molecule has 8 nitrogen and oxygen atoms in total. The Bertz CT molecular complexity index is 910. The average Bonchev–Trinajstić information content (AvgIpc) is 3.15. The summed E-state index contributed by atoms with van der Waals surface area (Å²) in [6.07, 6.45) is 2.59. The summed E-state index contributed by atoms with van der Waals surface area (Å²) >= 11 is 0. The molecule has 2 aromatic carbocycles. The van der Waals surface area contributed by atoms with Gasteiger partial charge in [-0.05, 0) is 29.8 Å². The van der Waals surface area contributed by atoms with Crippen molar-refractivity contribution in [3.8, 4) is 5.69 Å². The Kier molecular flexibility index (Phi) is 4.46. The lowest BCUT2D eigenvalue weighted by molar-refractivity contribution is -0.384. The summed E-state index contributed by atoms with van der Waals surface area (Å²) in [6.45, 7) is 0.178. The Balaban J connectivity index is 1.79. The zero-order valence-electron chi connectivity index (χ0n) is 12.8. The molecule has 3 rings (SSSR count). The molecule has 0 bridgehead atoms. The number of benzene rings is 2. The van der Waals surface area contributed by atoms with E-state index in [9.17, 15) is 19.3 Å². The highest BCUT2D eigenvalue weighted by molar-refractivity contribution is 5.95. The molecule has 0 saturated carbocycles. The van der Waals surface area contributed by atoms with E-state index in [0.717, 1.165) is 0 Å². The smallest absolute Gasteiger partial charge is 0.295 e. The highest BCUT2D eigenvalue weighted by Gasteiger charge is 2.19. The van der Waals surface area contributed by atoms with Gasteiger partial charge in [-0.25, -0.2) is 14.1 Å². The number of amides is 1. The van der Waals surface area contributed by atoms with Gasteiger partial charge in [0.1, 0.15) is 24.2 Å². The first-order valence-corrected chi connectivity index (χ1v) is 7.20. The number of nitro groups is 1. The molecule has 126 valence electrons. The van der Waals surface area contributed by atoms with Crippen molar-refractivity contribution in [1.82, 2.24) is 20.1 Å². The molecule has 1 heterocycles. The highest BCUT2D eigenvalue weighted by Crippen LogP contribution is 2.23. The summed E-state index contributed by atoms with van der Waals surface area (Å²) < 4.78 is 14.1. The topological polar surface area (TPSA) is 103 Å². The van der Waals surface area contributed by atoms with Crippen molar-refractivity contribution in [3.63, 3.8) is 0 Å². The van der Waals surface area contributed by atoms with Gasteiger partial charge in [-0.1, -0.05) is 12.1 Å². The summed E-state index contributed by atoms with van der Waals surface area (Å²) in [7, 11) is 0. The Morgan fingerprint density at radius 3 is 2.64 bits per heavy atom. The molecule has 0 aliphatic carbocycles. The number of rotatable bonds is 5. The molecule has 0 radical (unpaired) electrons. The van der Waals surface area contributed by atoms with Gasteiger partial charge in [0.2, 0.25) is 0 Å². The van der Waals surface area contributed by atoms with Crippen molar-refractivity contribution in [3.05, 3.63) is 82.2 Å². The number of carbonyl (C=O) groups is 1. The molecule has 0 saturated heterocycles. The van der Waals surface area contributed by atoms with Gasteiger partial charge in [0.25, 0.3) is 11.6 Å². The Labute approximate surface area is 141 Å². The Morgan fingerprint density at radius 1 is 1.24 bits per heavy atom. The van der Waals surface area contributed by atoms with Crippen molar-refractivity contribution in [2.75, 3.05) is 0 Å². The van der Waals surface area contributed by atoms with Gasteiger partial charge >= 0.3 is 0 Å². The van der Waals surface area contributed by atoms with Crippen molar-refractivity contribution in [2.24, 2.45) is 0 Å². The molecule has 1 N–H and O–H groups in total. The molecule has 0 fully saturated rings. The number of aromatic nitrogens is 3. The molecule has 25 heavy (non-hydrogen) atoms. The fourth-order valence-electron chi connectivity index (χ4n) is 2.22. The molecule has 0 spiro atoms. The fourth-order valence-corrected chi connectivity index (χ4v) is 2.22. The van der Waals surface area contributed by atoms with E-state index in [0.29, 0.717) is 5.56 Å². The molecule has 0 atom stereocenters. The standard InChI is InChI=1S/C16H12FN5O3/c17-13-4-1-11(2-5-13)8-19-16(23)12-3-6-14(15(7-12)22(24)25)21-10-18-9-20-21/h1-7,9-10H,8H2,(H,19,23). The zero-order chi connectivity index (χ0) is 17.8. The molecule has 0 aliphatic rings. The van der Waals surface area contributed by atoms with E-state index < -0.39 is 10.8 Å². The second-order valence-electron chi connectivity index (χ2n) is 5.11. The van der Waals surface area contributed by atoms with Crippen LogP contribution in [0.5, 0.6) is 0 Å². The van der Waals surface area contributed by atoms with E-state index in [1.807, 2.05) is 0 Å². The quantitative estimate of drug-likeness (QED) is 0.566. The van der Waals surface area contributed by atoms with Crippen LogP contribution in [0.4, 0.5) is 10.1 Å². The monoisotopic (exact) mass is 341 g/mol. The first-order valence-electron chi connectivity index (χ1n) is 7.20. The van der Waals surface area contributed by atoms with Crippen molar-refractivity contribution < 1.29 is 14.1 Å². The summed E-state index contributed by atoms with van der Waals surface area (Å²) in [4.78, 5) is 26.7.